The van der Waals surface area contributed by atoms with E-state index in [0.717, 1.165) is 32.5 Å². The summed E-state index contributed by atoms with van der Waals surface area (Å²) in [7, 11) is 1.65. The number of nitrogens with two attached hydrogens (primary N) is 1. The molecule has 4 heterocycles. The number of nitrogens with zero attached hydrogens (tertiary/aromatic N) is 6. The van der Waals surface area contributed by atoms with Gasteiger partial charge in [0, 0.05) is 32.7 Å². The SMILES string of the molecule is CC#CCn1c(N2CC(N)C2)nc2c1c(=O)n(CCCN1CCC(C(=O)OC(C)C)CC1)c(=O)n2C. The fourth-order valence-corrected chi connectivity index (χ4v) is 4.96. The number of carbonyl (C=O) groups is 1. The van der Waals surface area contributed by atoms with Gasteiger partial charge >= 0.3 is 11.7 Å². The third-order valence-corrected chi connectivity index (χ3v) is 6.95. The summed E-state index contributed by atoms with van der Waals surface area (Å²) in [5.41, 5.74) is 6.00. The van der Waals surface area contributed by atoms with Crippen LogP contribution in [0.5, 0.6) is 0 Å². The largest absolute Gasteiger partial charge is 0.463 e. The molecule has 11 heteroatoms. The van der Waals surface area contributed by atoms with Gasteiger partial charge in [0.25, 0.3) is 5.56 Å². The number of hydrogen-bond acceptors (Lipinski definition) is 8. The molecule has 2 aromatic rings. The van der Waals surface area contributed by atoms with Gasteiger partial charge in [-0.15, -0.1) is 5.92 Å². The van der Waals surface area contributed by atoms with Gasteiger partial charge in [-0.3, -0.25) is 23.3 Å². The van der Waals surface area contributed by atoms with Crippen molar-refractivity contribution < 1.29 is 9.53 Å². The molecule has 11 nitrogen and oxygen atoms in total. The van der Waals surface area contributed by atoms with E-state index in [-0.39, 0.29) is 35.3 Å². The molecule has 2 aliphatic rings. The molecule has 0 aromatic carbocycles. The minimum Gasteiger partial charge on any atom is -0.463 e. The Morgan fingerprint density at radius 3 is 2.47 bits per heavy atom. The van der Waals surface area contributed by atoms with Crippen LogP contribution in [0, 0.1) is 17.8 Å². The molecular weight excluding hydrogens is 462 g/mol. The van der Waals surface area contributed by atoms with E-state index < -0.39 is 0 Å². The first-order chi connectivity index (χ1) is 17.2. The van der Waals surface area contributed by atoms with E-state index in [1.165, 1.54) is 9.13 Å². The van der Waals surface area contributed by atoms with Crippen LogP contribution in [-0.4, -0.2) is 74.4 Å². The van der Waals surface area contributed by atoms with Crippen LogP contribution in [0.25, 0.3) is 11.2 Å². The van der Waals surface area contributed by atoms with Gasteiger partial charge in [0.2, 0.25) is 5.95 Å². The molecule has 2 aliphatic heterocycles. The number of likely N-dealkylation sites (tertiary alicyclic amines) is 1. The van der Waals surface area contributed by atoms with E-state index in [2.05, 4.69) is 21.7 Å². The first-order valence-corrected chi connectivity index (χ1v) is 12.7. The second kappa shape index (κ2) is 10.9. The lowest BCUT2D eigenvalue weighted by atomic mass is 9.97. The molecule has 0 radical (unpaired) electrons. The van der Waals surface area contributed by atoms with Gasteiger partial charge in [0.15, 0.2) is 11.2 Å². The number of aromatic nitrogens is 4. The van der Waals surface area contributed by atoms with Crippen molar-refractivity contribution >= 4 is 23.1 Å². The number of anilines is 1. The zero-order valence-electron chi connectivity index (χ0n) is 21.7. The first kappa shape index (κ1) is 26.0. The number of hydrogen-bond donors (Lipinski definition) is 1. The average Bonchev–Trinajstić information content (AvgIpc) is 3.20. The molecule has 4 rings (SSSR count). The average molecular weight is 500 g/mol. The van der Waals surface area contributed by atoms with Crippen molar-refractivity contribution in [2.24, 2.45) is 18.7 Å². The van der Waals surface area contributed by atoms with E-state index in [4.69, 9.17) is 10.5 Å². The zero-order valence-corrected chi connectivity index (χ0v) is 21.7. The second-order valence-corrected chi connectivity index (χ2v) is 10.0. The molecule has 0 amide bonds. The van der Waals surface area contributed by atoms with Crippen LogP contribution in [-0.2, 0) is 29.7 Å². The van der Waals surface area contributed by atoms with E-state index in [9.17, 15) is 14.4 Å². The molecule has 36 heavy (non-hydrogen) atoms. The predicted octanol–water partition coefficient (Wildman–Crippen LogP) is 0.121. The molecule has 196 valence electrons. The number of carbonyl (C=O) groups excluding carboxylic acids is 1. The number of fused-ring (bicyclic) bond motifs is 1. The fourth-order valence-electron chi connectivity index (χ4n) is 4.96. The summed E-state index contributed by atoms with van der Waals surface area (Å²) in [6.45, 7) is 9.75. The molecule has 2 fully saturated rings. The summed E-state index contributed by atoms with van der Waals surface area (Å²) in [4.78, 5) is 47.7. The van der Waals surface area contributed by atoms with E-state index in [0.29, 0.717) is 49.7 Å². The van der Waals surface area contributed by atoms with Crippen LogP contribution >= 0.6 is 0 Å². The Morgan fingerprint density at radius 2 is 1.86 bits per heavy atom. The second-order valence-electron chi connectivity index (χ2n) is 10.0. The lowest BCUT2D eigenvalue weighted by molar-refractivity contribution is -0.154. The smallest absolute Gasteiger partial charge is 0.332 e. The van der Waals surface area contributed by atoms with E-state index in [1.807, 2.05) is 18.7 Å². The van der Waals surface area contributed by atoms with Gasteiger partial charge in [0.05, 0.1) is 18.6 Å². The van der Waals surface area contributed by atoms with Gasteiger partial charge in [-0.2, -0.15) is 4.98 Å². The van der Waals surface area contributed by atoms with Crippen molar-refractivity contribution in [3.8, 4) is 11.8 Å². The first-order valence-electron chi connectivity index (χ1n) is 12.7. The number of ether oxygens (including phenoxy) is 1. The summed E-state index contributed by atoms with van der Waals surface area (Å²) in [6, 6.07) is 0.0712. The molecule has 2 saturated heterocycles. The molecule has 0 spiro atoms. The van der Waals surface area contributed by atoms with Crippen molar-refractivity contribution in [3.63, 3.8) is 0 Å². The van der Waals surface area contributed by atoms with Crippen LogP contribution in [0.2, 0.25) is 0 Å². The monoisotopic (exact) mass is 499 g/mol. The third-order valence-electron chi connectivity index (χ3n) is 6.95. The van der Waals surface area contributed by atoms with Crippen LogP contribution in [0.3, 0.4) is 0 Å². The van der Waals surface area contributed by atoms with Crippen molar-refractivity contribution in [1.82, 2.24) is 23.6 Å². The molecule has 0 saturated carbocycles. The normalized spacial score (nSPS) is 17.3. The third kappa shape index (κ3) is 5.20. The Bertz CT molecular complexity index is 1280. The topological polar surface area (TPSA) is 121 Å². The highest BCUT2D eigenvalue weighted by Crippen LogP contribution is 2.23. The maximum Gasteiger partial charge on any atom is 0.332 e. The number of esters is 1. The fraction of sp³-hybridized carbons (Fsp3) is 0.680. The lowest BCUT2D eigenvalue weighted by Gasteiger charge is -2.37. The molecule has 0 bridgehead atoms. The van der Waals surface area contributed by atoms with Crippen LogP contribution in [0.1, 0.15) is 40.0 Å². The lowest BCUT2D eigenvalue weighted by Crippen LogP contribution is -2.56. The van der Waals surface area contributed by atoms with Crippen LogP contribution in [0.15, 0.2) is 9.59 Å². The standard InChI is InChI=1S/C25H37N7O4/c1-5-6-11-31-20-21(27-24(31)30-15-19(26)16-30)28(4)25(35)32(22(20)33)12-7-10-29-13-8-18(9-14-29)23(34)36-17(2)3/h17-19H,7-16,26H2,1-4H3. The highest BCUT2D eigenvalue weighted by molar-refractivity contribution is 5.75. The van der Waals surface area contributed by atoms with E-state index in [1.54, 1.807) is 18.5 Å². The van der Waals surface area contributed by atoms with Gasteiger partial charge in [-0.1, -0.05) is 5.92 Å². The van der Waals surface area contributed by atoms with Crippen molar-refractivity contribution in [3.05, 3.63) is 20.8 Å². The van der Waals surface area contributed by atoms with Crippen molar-refractivity contribution in [2.75, 3.05) is 37.6 Å². The molecule has 0 aliphatic carbocycles. The van der Waals surface area contributed by atoms with Crippen molar-refractivity contribution in [2.45, 2.75) is 65.3 Å². The molecule has 2 aromatic heterocycles. The van der Waals surface area contributed by atoms with Gasteiger partial charge < -0.3 is 20.3 Å². The zero-order chi connectivity index (χ0) is 26.0. The summed E-state index contributed by atoms with van der Waals surface area (Å²) in [5.74, 6) is 6.36. The Hall–Kier alpha value is -3.10. The van der Waals surface area contributed by atoms with Gasteiger partial charge in [-0.05, 0) is 59.7 Å². The van der Waals surface area contributed by atoms with Gasteiger partial charge in [-0.25, -0.2) is 4.79 Å². The Balaban J connectivity index is 1.49. The number of imidazole rings is 1. The highest BCUT2D eigenvalue weighted by atomic mass is 16.5. The quantitative estimate of drug-likeness (QED) is 0.402. The van der Waals surface area contributed by atoms with Crippen LogP contribution < -0.4 is 21.9 Å². The Morgan fingerprint density at radius 1 is 1.17 bits per heavy atom. The summed E-state index contributed by atoms with van der Waals surface area (Å²) < 4.78 is 9.90. The summed E-state index contributed by atoms with van der Waals surface area (Å²) in [5, 5.41) is 0. The highest BCUT2D eigenvalue weighted by Gasteiger charge is 2.30. The molecule has 0 atom stereocenters. The molecular formula is C25H37N7O4. The number of rotatable bonds is 8. The minimum absolute atomic E-state index is 0.0531. The Labute approximate surface area is 210 Å². The number of piperidine rings is 1. The Kier molecular flexibility index (Phi) is 7.85. The molecule has 2 N–H and O–H groups in total. The maximum atomic E-state index is 13.5. The number of aryl methyl sites for hydroxylation is 1. The predicted molar refractivity (Wildman–Crippen MR) is 138 cm³/mol. The minimum atomic E-state index is -0.374. The summed E-state index contributed by atoms with van der Waals surface area (Å²) in [6.07, 6.45) is 2.08. The maximum absolute atomic E-state index is 13.5. The van der Waals surface area contributed by atoms with E-state index >= 15 is 0 Å². The molecule has 0 unspecified atom stereocenters. The van der Waals surface area contributed by atoms with Crippen LogP contribution in [0.4, 0.5) is 5.95 Å². The summed E-state index contributed by atoms with van der Waals surface area (Å²) >= 11 is 0. The van der Waals surface area contributed by atoms with Crippen molar-refractivity contribution in [1.29, 1.82) is 0 Å². The van der Waals surface area contributed by atoms with Gasteiger partial charge in [0.1, 0.15) is 0 Å².